The van der Waals surface area contributed by atoms with Crippen LogP contribution in [0.15, 0.2) is 42.5 Å². The molecule has 1 aliphatic rings. The van der Waals surface area contributed by atoms with Crippen LogP contribution < -0.4 is 9.83 Å². The molecule has 2 N–H and O–H groups in total. The van der Waals surface area contributed by atoms with Crippen molar-refractivity contribution in [3.63, 3.8) is 0 Å². The Labute approximate surface area is 138 Å². The van der Waals surface area contributed by atoms with Gasteiger partial charge in [-0.3, -0.25) is 14.2 Å². The van der Waals surface area contributed by atoms with Crippen LogP contribution in [0, 0.1) is 6.92 Å². The van der Waals surface area contributed by atoms with Crippen molar-refractivity contribution in [2.75, 3.05) is 0 Å². The van der Waals surface area contributed by atoms with Crippen molar-refractivity contribution in [3.8, 4) is 16.9 Å². The number of carboxylic acids is 2. The van der Waals surface area contributed by atoms with E-state index in [9.17, 15) is 19.3 Å². The Balaban J connectivity index is 2.28. The molecular weight excluding hydrogens is 331 g/mol. The average Bonchev–Trinajstić information content (AvgIpc) is 2.52. The molecule has 0 saturated heterocycles. The number of rotatable bonds is 4. The normalized spacial score (nSPS) is 19.5. The molecule has 0 bridgehead atoms. The van der Waals surface area contributed by atoms with Gasteiger partial charge >= 0.3 is 11.9 Å². The van der Waals surface area contributed by atoms with E-state index < -0.39 is 31.4 Å². The SMILES string of the molecule is Cc1cccc2c1-c1ccccc1OP2(=O)C(CC(=O)O)C(=O)O. The molecule has 0 amide bonds. The zero-order chi connectivity index (χ0) is 17.5. The summed E-state index contributed by atoms with van der Waals surface area (Å²) in [6.07, 6.45) is -0.776. The molecule has 0 saturated carbocycles. The fourth-order valence-corrected chi connectivity index (χ4v) is 5.56. The van der Waals surface area contributed by atoms with Gasteiger partial charge in [-0.1, -0.05) is 30.3 Å². The fraction of sp³-hybridized carbons (Fsp3) is 0.176. The second kappa shape index (κ2) is 5.80. The maximum absolute atomic E-state index is 13.6. The van der Waals surface area contributed by atoms with Crippen LogP contribution >= 0.6 is 7.37 Å². The molecule has 24 heavy (non-hydrogen) atoms. The van der Waals surface area contributed by atoms with Crippen molar-refractivity contribution in [3.05, 3.63) is 48.0 Å². The Hall–Kier alpha value is -2.59. The number of benzene rings is 2. The van der Waals surface area contributed by atoms with Crippen LogP contribution in [-0.2, 0) is 14.2 Å². The van der Waals surface area contributed by atoms with Crippen LogP contribution in [0.1, 0.15) is 12.0 Å². The summed E-state index contributed by atoms with van der Waals surface area (Å²) in [6, 6.07) is 12.0. The first-order valence-electron chi connectivity index (χ1n) is 7.28. The second-order valence-electron chi connectivity index (χ2n) is 5.61. The third-order valence-corrected chi connectivity index (χ3v) is 6.78. The highest BCUT2D eigenvalue weighted by Crippen LogP contribution is 2.59. The van der Waals surface area contributed by atoms with E-state index >= 15 is 0 Å². The highest BCUT2D eigenvalue weighted by Gasteiger charge is 2.48. The van der Waals surface area contributed by atoms with E-state index in [0.29, 0.717) is 11.3 Å². The summed E-state index contributed by atoms with van der Waals surface area (Å²) >= 11 is 0. The Morgan fingerprint density at radius 1 is 1.12 bits per heavy atom. The smallest absolute Gasteiger partial charge is 0.318 e. The lowest BCUT2D eigenvalue weighted by Crippen LogP contribution is -2.33. The van der Waals surface area contributed by atoms with Crippen molar-refractivity contribution < 1.29 is 28.9 Å². The van der Waals surface area contributed by atoms with Gasteiger partial charge in [0, 0.05) is 11.1 Å². The molecule has 2 aromatic rings. The quantitative estimate of drug-likeness (QED) is 0.826. The van der Waals surface area contributed by atoms with E-state index in [1.165, 1.54) is 0 Å². The number of carbonyl (C=O) groups is 2. The van der Waals surface area contributed by atoms with Crippen molar-refractivity contribution in [1.82, 2.24) is 0 Å². The maximum Gasteiger partial charge on any atom is 0.318 e. The largest absolute Gasteiger partial charge is 0.481 e. The number of aryl methyl sites for hydroxylation is 1. The predicted octanol–water partition coefficient (Wildman–Crippen LogP) is 2.89. The minimum absolute atomic E-state index is 0.259. The van der Waals surface area contributed by atoms with Crippen LogP contribution in [-0.4, -0.2) is 27.8 Å². The van der Waals surface area contributed by atoms with Crippen molar-refractivity contribution in [2.45, 2.75) is 19.0 Å². The monoisotopic (exact) mass is 346 g/mol. The topological polar surface area (TPSA) is 101 Å². The molecule has 7 heteroatoms. The Morgan fingerprint density at radius 3 is 2.50 bits per heavy atom. The molecule has 1 aliphatic heterocycles. The Bertz CT molecular complexity index is 888. The van der Waals surface area contributed by atoms with E-state index in [1.807, 2.05) is 13.0 Å². The maximum atomic E-state index is 13.6. The summed E-state index contributed by atoms with van der Waals surface area (Å²) in [7, 11) is -3.96. The van der Waals surface area contributed by atoms with E-state index in [-0.39, 0.29) is 5.30 Å². The third-order valence-electron chi connectivity index (χ3n) is 4.04. The summed E-state index contributed by atoms with van der Waals surface area (Å²) in [5.74, 6) is -2.49. The number of hydrogen-bond acceptors (Lipinski definition) is 4. The lowest BCUT2D eigenvalue weighted by Gasteiger charge is -2.32. The molecule has 0 fully saturated rings. The zero-order valence-electron chi connectivity index (χ0n) is 12.8. The third kappa shape index (κ3) is 2.49. The van der Waals surface area contributed by atoms with Crippen LogP contribution in [0.25, 0.3) is 11.1 Å². The van der Waals surface area contributed by atoms with Gasteiger partial charge in [0.15, 0.2) is 5.66 Å². The van der Waals surface area contributed by atoms with Gasteiger partial charge in [-0.15, -0.1) is 0 Å². The summed E-state index contributed by atoms with van der Waals surface area (Å²) in [5.41, 5.74) is 0.544. The number of fused-ring (bicyclic) bond motifs is 3. The van der Waals surface area contributed by atoms with Crippen LogP contribution in [0.5, 0.6) is 5.75 Å². The Kier molecular flexibility index (Phi) is 3.93. The molecule has 2 unspecified atom stereocenters. The molecule has 1 heterocycles. The number of aliphatic carboxylic acids is 2. The molecule has 0 aromatic heterocycles. The lowest BCUT2D eigenvalue weighted by molar-refractivity contribution is -0.143. The van der Waals surface area contributed by atoms with Gasteiger partial charge in [0.2, 0.25) is 0 Å². The number of hydrogen-bond donors (Lipinski definition) is 2. The summed E-state index contributed by atoms with van der Waals surface area (Å²) in [5, 5.41) is 18.8. The fourth-order valence-electron chi connectivity index (χ4n) is 2.96. The highest BCUT2D eigenvalue weighted by molar-refractivity contribution is 7.69. The minimum atomic E-state index is -3.96. The van der Waals surface area contributed by atoms with E-state index in [4.69, 9.17) is 9.63 Å². The van der Waals surface area contributed by atoms with Crippen molar-refractivity contribution in [1.29, 1.82) is 0 Å². The molecule has 2 aromatic carbocycles. The van der Waals surface area contributed by atoms with Crippen LogP contribution in [0.3, 0.4) is 0 Å². The molecule has 124 valence electrons. The molecule has 6 nitrogen and oxygen atoms in total. The molecule has 0 radical (unpaired) electrons. The minimum Gasteiger partial charge on any atom is -0.481 e. The summed E-state index contributed by atoms with van der Waals surface area (Å²) in [4.78, 5) is 22.7. The van der Waals surface area contributed by atoms with Gasteiger partial charge in [-0.25, -0.2) is 0 Å². The first-order valence-corrected chi connectivity index (χ1v) is 8.97. The van der Waals surface area contributed by atoms with Gasteiger partial charge in [-0.05, 0) is 24.6 Å². The summed E-state index contributed by atoms with van der Waals surface area (Å²) < 4.78 is 19.2. The standard InChI is InChI=1S/C17H15O6P/c1-10-5-4-8-13-16(10)11-6-2-3-7-12(11)23-24(13,22)14(17(20)21)9-15(18)19/h2-8,14H,9H2,1H3,(H,18,19)(H,20,21). The van der Waals surface area contributed by atoms with Crippen molar-refractivity contribution in [2.24, 2.45) is 0 Å². The van der Waals surface area contributed by atoms with Gasteiger partial charge in [0.1, 0.15) is 5.75 Å². The van der Waals surface area contributed by atoms with Gasteiger partial charge in [0.25, 0.3) is 7.37 Å². The average molecular weight is 346 g/mol. The van der Waals surface area contributed by atoms with E-state index in [0.717, 1.165) is 11.1 Å². The predicted molar refractivity (Wildman–Crippen MR) is 88.2 cm³/mol. The van der Waals surface area contributed by atoms with Gasteiger partial charge in [-0.2, -0.15) is 0 Å². The van der Waals surface area contributed by atoms with E-state index in [2.05, 4.69) is 0 Å². The molecule has 0 spiro atoms. The first-order chi connectivity index (χ1) is 11.3. The highest BCUT2D eigenvalue weighted by atomic mass is 31.2. The van der Waals surface area contributed by atoms with Crippen LogP contribution in [0.2, 0.25) is 0 Å². The van der Waals surface area contributed by atoms with Gasteiger partial charge in [0.05, 0.1) is 11.7 Å². The van der Waals surface area contributed by atoms with Crippen molar-refractivity contribution >= 4 is 24.6 Å². The molecule has 0 aliphatic carbocycles. The second-order valence-corrected chi connectivity index (χ2v) is 8.09. The van der Waals surface area contributed by atoms with Crippen LogP contribution in [0.4, 0.5) is 0 Å². The van der Waals surface area contributed by atoms with E-state index in [1.54, 1.807) is 36.4 Å². The zero-order valence-corrected chi connectivity index (χ0v) is 13.7. The lowest BCUT2D eigenvalue weighted by atomic mass is 9.99. The Morgan fingerprint density at radius 2 is 1.83 bits per heavy atom. The first kappa shape index (κ1) is 16.3. The number of para-hydroxylation sites is 1. The molecule has 2 atom stereocenters. The summed E-state index contributed by atoms with van der Waals surface area (Å²) in [6.45, 7) is 1.83. The molecule has 3 rings (SSSR count). The van der Waals surface area contributed by atoms with Gasteiger partial charge < -0.3 is 14.7 Å². The molecular formula is C17H15O6P. The number of carboxylic acid groups (broad SMARTS) is 2.